The van der Waals surface area contributed by atoms with Gasteiger partial charge in [0.05, 0.1) is 25.4 Å². The molecule has 6 nitrogen and oxygen atoms in total. The zero-order chi connectivity index (χ0) is 18.6. The first-order chi connectivity index (χ1) is 12.7. The fourth-order valence-corrected chi connectivity index (χ4v) is 2.79. The molecule has 1 aliphatic heterocycles. The maximum Gasteiger partial charge on any atom is 0.191 e. The van der Waals surface area contributed by atoms with Crippen molar-refractivity contribution in [1.29, 1.82) is 0 Å². The van der Waals surface area contributed by atoms with Crippen LogP contribution in [0.5, 0.6) is 0 Å². The topological polar surface area (TPSA) is 75.1 Å². The summed E-state index contributed by atoms with van der Waals surface area (Å²) in [4.78, 5) is 4.48. The van der Waals surface area contributed by atoms with Gasteiger partial charge in [-0.05, 0) is 38.7 Å². The summed E-state index contributed by atoms with van der Waals surface area (Å²) in [6, 6.07) is 7.90. The number of ether oxygens (including phenoxy) is 2. The van der Waals surface area contributed by atoms with Crippen molar-refractivity contribution < 1.29 is 14.6 Å². The molecule has 1 saturated heterocycles. The van der Waals surface area contributed by atoms with Crippen molar-refractivity contribution in [2.75, 3.05) is 39.5 Å². The van der Waals surface area contributed by atoms with Crippen LogP contribution in [0.3, 0.4) is 0 Å². The number of nitrogens with one attached hydrogen (secondary N) is 2. The maximum atomic E-state index is 10.3. The zero-order valence-electron chi connectivity index (χ0n) is 16.4. The van der Waals surface area contributed by atoms with E-state index < -0.39 is 6.10 Å². The second-order valence-corrected chi connectivity index (χ2v) is 6.64. The molecule has 2 unspecified atom stereocenters. The molecule has 2 rings (SSSR count). The van der Waals surface area contributed by atoms with Crippen molar-refractivity contribution in [1.82, 2.24) is 10.6 Å². The number of benzene rings is 1. The summed E-state index contributed by atoms with van der Waals surface area (Å²) in [5, 5.41) is 16.8. The summed E-state index contributed by atoms with van der Waals surface area (Å²) in [7, 11) is 0. The quantitative estimate of drug-likeness (QED) is 0.203. The lowest BCUT2D eigenvalue weighted by Crippen LogP contribution is -2.38. The summed E-state index contributed by atoms with van der Waals surface area (Å²) < 4.78 is 11.2. The third kappa shape index (κ3) is 9.73. The largest absolute Gasteiger partial charge is 0.386 e. The third-order valence-electron chi connectivity index (χ3n) is 4.31. The normalized spacial score (nSPS) is 18.0. The molecule has 3 N–H and O–H groups in total. The fourth-order valence-electron chi connectivity index (χ4n) is 2.79. The zero-order valence-corrected chi connectivity index (χ0v) is 18.8. The Hall–Kier alpha value is -0.900. The van der Waals surface area contributed by atoms with E-state index in [0.29, 0.717) is 19.8 Å². The molecule has 1 aromatic rings. The highest BCUT2D eigenvalue weighted by atomic mass is 127. The molecule has 1 fully saturated rings. The molecule has 1 aromatic carbocycles. The van der Waals surface area contributed by atoms with Crippen molar-refractivity contribution in [3.63, 3.8) is 0 Å². The van der Waals surface area contributed by atoms with Crippen LogP contribution in [0.25, 0.3) is 0 Å². The molecule has 0 bridgehead atoms. The van der Waals surface area contributed by atoms with Crippen molar-refractivity contribution in [3.05, 3.63) is 35.4 Å². The lowest BCUT2D eigenvalue weighted by atomic mass is 10.1. The average molecular weight is 491 g/mol. The Morgan fingerprint density at radius 2 is 2.11 bits per heavy atom. The van der Waals surface area contributed by atoms with Crippen LogP contribution >= 0.6 is 24.0 Å². The number of guanidine groups is 1. The minimum Gasteiger partial charge on any atom is -0.386 e. The summed E-state index contributed by atoms with van der Waals surface area (Å²) >= 11 is 0. The number of aliphatic hydroxyl groups is 1. The Balaban J connectivity index is 0.00000364. The molecule has 1 aliphatic rings. The molecule has 0 aliphatic carbocycles. The lowest BCUT2D eigenvalue weighted by Gasteiger charge is -2.14. The second-order valence-electron chi connectivity index (χ2n) is 6.64. The first kappa shape index (κ1) is 24.1. The van der Waals surface area contributed by atoms with E-state index in [1.165, 1.54) is 5.56 Å². The molecule has 0 aromatic heterocycles. The van der Waals surface area contributed by atoms with Crippen LogP contribution in [0.15, 0.2) is 29.3 Å². The second kappa shape index (κ2) is 14.1. The van der Waals surface area contributed by atoms with Crippen molar-refractivity contribution >= 4 is 29.9 Å². The van der Waals surface area contributed by atoms with Gasteiger partial charge in [-0.1, -0.05) is 29.8 Å². The summed E-state index contributed by atoms with van der Waals surface area (Å²) in [5.74, 6) is 0.720. The Morgan fingerprint density at radius 1 is 1.33 bits per heavy atom. The third-order valence-corrected chi connectivity index (χ3v) is 4.31. The molecule has 27 heavy (non-hydrogen) atoms. The Kier molecular flexibility index (Phi) is 12.6. The molecule has 0 radical (unpaired) electrons. The standard InChI is InChI=1S/C20H33N3O3.HI/c1-3-21-20(22-11-5-12-25-15-18-6-4-13-26-18)23-14-19(24)17-9-7-16(2)8-10-17;/h7-10,18-19,24H,3-6,11-15H2,1-2H3,(H2,21,22,23);1H. The number of hydrogen-bond donors (Lipinski definition) is 3. The number of hydrogen-bond acceptors (Lipinski definition) is 4. The number of aryl methyl sites for hydroxylation is 1. The Morgan fingerprint density at radius 3 is 2.78 bits per heavy atom. The lowest BCUT2D eigenvalue weighted by molar-refractivity contribution is 0.0168. The van der Waals surface area contributed by atoms with Gasteiger partial charge in [0.1, 0.15) is 0 Å². The first-order valence-electron chi connectivity index (χ1n) is 9.65. The number of aliphatic imine (C=N–C) groups is 1. The van der Waals surface area contributed by atoms with Crippen LogP contribution in [-0.2, 0) is 9.47 Å². The highest BCUT2D eigenvalue weighted by molar-refractivity contribution is 14.0. The van der Waals surface area contributed by atoms with E-state index in [-0.39, 0.29) is 30.1 Å². The molecule has 154 valence electrons. The Bertz CT molecular complexity index is 534. The average Bonchev–Trinajstić information content (AvgIpc) is 3.16. The minimum absolute atomic E-state index is 0. The van der Waals surface area contributed by atoms with Gasteiger partial charge < -0.3 is 25.2 Å². The maximum absolute atomic E-state index is 10.3. The number of halogens is 1. The van der Waals surface area contributed by atoms with Gasteiger partial charge in [-0.25, -0.2) is 0 Å². The molecule has 1 heterocycles. The molecule has 0 spiro atoms. The van der Waals surface area contributed by atoms with E-state index in [1.807, 2.05) is 38.1 Å². The van der Waals surface area contributed by atoms with E-state index in [4.69, 9.17) is 9.47 Å². The van der Waals surface area contributed by atoms with Crippen molar-refractivity contribution in [3.8, 4) is 0 Å². The van der Waals surface area contributed by atoms with E-state index in [0.717, 1.165) is 50.5 Å². The van der Waals surface area contributed by atoms with E-state index in [2.05, 4.69) is 15.6 Å². The van der Waals surface area contributed by atoms with Gasteiger partial charge in [0.25, 0.3) is 0 Å². The van der Waals surface area contributed by atoms with Gasteiger partial charge >= 0.3 is 0 Å². The van der Waals surface area contributed by atoms with Gasteiger partial charge in [0.2, 0.25) is 0 Å². The van der Waals surface area contributed by atoms with Crippen LogP contribution in [0.2, 0.25) is 0 Å². The SMILES string of the molecule is CCNC(=NCC(O)c1ccc(C)cc1)NCCCOCC1CCCO1.I. The summed E-state index contributed by atoms with van der Waals surface area (Å²) in [6.07, 6.45) is 2.84. The predicted octanol–water partition coefficient (Wildman–Crippen LogP) is 2.79. The number of rotatable bonds is 10. The van der Waals surface area contributed by atoms with E-state index in [1.54, 1.807) is 0 Å². The molecule has 7 heteroatoms. The van der Waals surface area contributed by atoms with E-state index in [9.17, 15) is 5.11 Å². The summed E-state index contributed by atoms with van der Waals surface area (Å²) in [5.41, 5.74) is 2.07. The molecule has 0 saturated carbocycles. The fraction of sp³-hybridized carbons (Fsp3) is 0.650. The number of aliphatic hydroxyl groups excluding tert-OH is 1. The van der Waals surface area contributed by atoms with E-state index >= 15 is 0 Å². The van der Waals surface area contributed by atoms with Gasteiger partial charge in [0, 0.05) is 26.3 Å². The van der Waals surface area contributed by atoms with Crippen molar-refractivity contribution in [2.24, 2.45) is 4.99 Å². The minimum atomic E-state index is -0.596. The van der Waals surface area contributed by atoms with Gasteiger partial charge in [-0.15, -0.1) is 24.0 Å². The van der Waals surface area contributed by atoms with Gasteiger partial charge in [-0.2, -0.15) is 0 Å². The van der Waals surface area contributed by atoms with Crippen LogP contribution in [0.4, 0.5) is 0 Å². The van der Waals surface area contributed by atoms with Crippen LogP contribution in [0, 0.1) is 6.92 Å². The smallest absolute Gasteiger partial charge is 0.191 e. The first-order valence-corrected chi connectivity index (χ1v) is 9.65. The Labute approximate surface area is 180 Å². The molecule has 0 amide bonds. The van der Waals surface area contributed by atoms with Crippen LogP contribution in [0.1, 0.15) is 43.4 Å². The van der Waals surface area contributed by atoms with Crippen LogP contribution in [-0.4, -0.2) is 56.6 Å². The highest BCUT2D eigenvalue weighted by Gasteiger charge is 2.14. The highest BCUT2D eigenvalue weighted by Crippen LogP contribution is 2.14. The monoisotopic (exact) mass is 491 g/mol. The van der Waals surface area contributed by atoms with Gasteiger partial charge in [0.15, 0.2) is 5.96 Å². The molecule has 2 atom stereocenters. The van der Waals surface area contributed by atoms with Gasteiger partial charge in [-0.3, -0.25) is 4.99 Å². The molecular weight excluding hydrogens is 457 g/mol. The number of nitrogens with zero attached hydrogens (tertiary/aromatic N) is 1. The summed E-state index contributed by atoms with van der Waals surface area (Å²) in [6.45, 7) is 8.21. The predicted molar refractivity (Wildman–Crippen MR) is 120 cm³/mol. The molecular formula is C20H34IN3O3. The van der Waals surface area contributed by atoms with Crippen molar-refractivity contribution in [2.45, 2.75) is 45.3 Å². The van der Waals surface area contributed by atoms with Crippen LogP contribution < -0.4 is 10.6 Å².